The van der Waals surface area contributed by atoms with Gasteiger partial charge in [-0.25, -0.2) is 0 Å². The first kappa shape index (κ1) is 19.5. The molecule has 3 atom stereocenters. The maximum absolute atomic E-state index is 13.2. The lowest BCUT2D eigenvalue weighted by molar-refractivity contribution is -0.124. The number of nitrogens with one attached hydrogen (secondary N) is 2. The summed E-state index contributed by atoms with van der Waals surface area (Å²) in [4.78, 5) is 18.4. The summed E-state index contributed by atoms with van der Waals surface area (Å²) in [5, 5.41) is 11.3. The van der Waals surface area contributed by atoms with Crippen LogP contribution in [0, 0.1) is 5.92 Å². The molecule has 0 spiro atoms. The average molecular weight is 420 g/mol. The molecule has 4 bridgehead atoms. The molecule has 6 nitrogen and oxygen atoms in total. The molecule has 5 aliphatic rings. The summed E-state index contributed by atoms with van der Waals surface area (Å²) in [6.45, 7) is 6.58. The van der Waals surface area contributed by atoms with Crippen molar-refractivity contribution in [3.63, 3.8) is 0 Å². The highest BCUT2D eigenvalue weighted by molar-refractivity contribution is 5.77. The molecule has 6 heteroatoms. The molecule has 31 heavy (non-hydrogen) atoms. The van der Waals surface area contributed by atoms with E-state index >= 15 is 0 Å². The van der Waals surface area contributed by atoms with Gasteiger partial charge in [-0.3, -0.25) is 9.89 Å². The Hall–Kier alpha value is -2.18. The second-order valence-corrected chi connectivity index (χ2v) is 10.1. The predicted molar refractivity (Wildman–Crippen MR) is 120 cm³/mol. The van der Waals surface area contributed by atoms with E-state index in [0.717, 1.165) is 64.2 Å². The Morgan fingerprint density at radius 3 is 2.61 bits per heavy atom. The Bertz CT molecular complexity index is 938. The van der Waals surface area contributed by atoms with E-state index in [1.54, 1.807) is 0 Å². The van der Waals surface area contributed by atoms with Crippen LogP contribution in [-0.2, 0) is 29.5 Å². The minimum Gasteiger partial charge on any atom is -0.352 e. The van der Waals surface area contributed by atoms with Gasteiger partial charge in [-0.05, 0) is 36.8 Å². The molecule has 1 aromatic heterocycles. The van der Waals surface area contributed by atoms with Gasteiger partial charge >= 0.3 is 0 Å². The van der Waals surface area contributed by atoms with Crippen molar-refractivity contribution in [2.45, 2.75) is 50.0 Å². The van der Waals surface area contributed by atoms with Gasteiger partial charge in [0.25, 0.3) is 0 Å². The standard InChI is InChI=1S/C25H33N5O/c31-23(11-10-22-20-8-4-5-9-21(20)27-28-22)26-24-18-14-29-12-13-30(15-18)17-25(24,16-29)19-6-2-1-3-7-19/h1-3,6-7,18,24H,4-5,8-17H2,(H,26,31)(H,27,28). The summed E-state index contributed by atoms with van der Waals surface area (Å²) in [5.41, 5.74) is 5.15. The number of benzene rings is 1. The number of aromatic nitrogens is 2. The van der Waals surface area contributed by atoms with E-state index < -0.39 is 0 Å². The Morgan fingerprint density at radius 1 is 1.10 bits per heavy atom. The van der Waals surface area contributed by atoms with E-state index in [0.29, 0.717) is 12.3 Å². The third-order valence-corrected chi connectivity index (χ3v) is 8.19. The number of nitrogens with zero attached hydrogens (tertiary/aromatic N) is 3. The Balaban J connectivity index is 1.21. The number of carbonyl (C=O) groups is 1. The highest BCUT2D eigenvalue weighted by Crippen LogP contribution is 2.43. The van der Waals surface area contributed by atoms with Gasteiger partial charge in [-0.1, -0.05) is 30.3 Å². The van der Waals surface area contributed by atoms with Crippen LogP contribution in [0.25, 0.3) is 0 Å². The molecule has 164 valence electrons. The molecule has 4 aliphatic heterocycles. The number of H-pyrrole nitrogens is 1. The largest absolute Gasteiger partial charge is 0.352 e. The summed E-state index contributed by atoms with van der Waals surface area (Å²) in [5.74, 6) is 0.677. The number of carbonyl (C=O) groups excluding carboxylic acids is 1. The number of aromatic amines is 1. The molecule has 1 aliphatic carbocycles. The van der Waals surface area contributed by atoms with Crippen molar-refractivity contribution in [1.29, 1.82) is 0 Å². The Kier molecular flexibility index (Phi) is 4.87. The number of piperidine rings is 2. The summed E-state index contributed by atoms with van der Waals surface area (Å²) in [7, 11) is 0. The van der Waals surface area contributed by atoms with Gasteiger partial charge < -0.3 is 15.1 Å². The predicted octanol–water partition coefficient (Wildman–Crippen LogP) is 1.90. The van der Waals surface area contributed by atoms with Crippen molar-refractivity contribution in [2.24, 2.45) is 5.92 Å². The normalized spacial score (nSPS) is 33.7. The second-order valence-electron chi connectivity index (χ2n) is 10.1. The van der Waals surface area contributed by atoms with Crippen LogP contribution in [0.2, 0.25) is 0 Å². The van der Waals surface area contributed by atoms with Crippen LogP contribution in [0.15, 0.2) is 30.3 Å². The lowest BCUT2D eigenvalue weighted by atomic mass is 9.64. The molecule has 0 radical (unpaired) electrons. The molecule has 4 saturated heterocycles. The van der Waals surface area contributed by atoms with Crippen molar-refractivity contribution in [2.75, 3.05) is 39.3 Å². The van der Waals surface area contributed by atoms with Gasteiger partial charge in [-0.2, -0.15) is 5.10 Å². The van der Waals surface area contributed by atoms with Gasteiger partial charge in [0.15, 0.2) is 0 Å². The van der Waals surface area contributed by atoms with Gasteiger partial charge in [0, 0.05) is 75.2 Å². The van der Waals surface area contributed by atoms with Crippen LogP contribution >= 0.6 is 0 Å². The lowest BCUT2D eigenvalue weighted by Gasteiger charge is -2.55. The quantitative estimate of drug-likeness (QED) is 0.777. The van der Waals surface area contributed by atoms with E-state index in [2.05, 4.69) is 55.6 Å². The topological polar surface area (TPSA) is 64.3 Å². The zero-order chi connectivity index (χ0) is 20.8. The van der Waals surface area contributed by atoms with E-state index in [1.165, 1.54) is 29.7 Å². The number of rotatable bonds is 5. The third kappa shape index (κ3) is 3.40. The second kappa shape index (κ2) is 7.75. The fourth-order valence-electron chi connectivity index (χ4n) is 6.80. The van der Waals surface area contributed by atoms with Crippen molar-refractivity contribution in [3.8, 4) is 0 Å². The molecule has 7 rings (SSSR count). The zero-order valence-corrected chi connectivity index (χ0v) is 18.3. The van der Waals surface area contributed by atoms with E-state index in [1.807, 2.05) is 0 Å². The van der Waals surface area contributed by atoms with Crippen LogP contribution in [-0.4, -0.2) is 71.2 Å². The number of fused-ring (bicyclic) bond motifs is 2. The third-order valence-electron chi connectivity index (χ3n) is 8.19. The highest BCUT2D eigenvalue weighted by atomic mass is 16.1. The maximum Gasteiger partial charge on any atom is 0.220 e. The summed E-state index contributed by atoms with van der Waals surface area (Å²) < 4.78 is 0. The molecule has 1 aromatic carbocycles. The molecular weight excluding hydrogens is 386 g/mol. The molecule has 2 N–H and O–H groups in total. The zero-order valence-electron chi connectivity index (χ0n) is 18.3. The molecular formula is C25H33N5O. The van der Waals surface area contributed by atoms with Gasteiger partial charge in [0.2, 0.25) is 5.91 Å². The Labute approximate surface area is 184 Å². The minimum atomic E-state index is -0.0138. The van der Waals surface area contributed by atoms with Gasteiger partial charge in [-0.15, -0.1) is 0 Å². The van der Waals surface area contributed by atoms with E-state index in [4.69, 9.17) is 0 Å². The van der Waals surface area contributed by atoms with Crippen molar-refractivity contribution < 1.29 is 4.79 Å². The highest BCUT2D eigenvalue weighted by Gasteiger charge is 2.55. The van der Waals surface area contributed by atoms with Crippen molar-refractivity contribution in [1.82, 2.24) is 25.3 Å². The van der Waals surface area contributed by atoms with Crippen LogP contribution in [0.5, 0.6) is 0 Å². The number of hydrogen-bond acceptors (Lipinski definition) is 4. The summed E-state index contributed by atoms with van der Waals surface area (Å²) >= 11 is 0. The van der Waals surface area contributed by atoms with E-state index in [9.17, 15) is 4.79 Å². The first-order valence-electron chi connectivity index (χ1n) is 12.1. The van der Waals surface area contributed by atoms with E-state index in [-0.39, 0.29) is 17.4 Å². The van der Waals surface area contributed by atoms with Crippen LogP contribution < -0.4 is 5.32 Å². The average Bonchev–Trinajstić information content (AvgIpc) is 3.04. The minimum absolute atomic E-state index is 0.0138. The summed E-state index contributed by atoms with van der Waals surface area (Å²) in [6, 6.07) is 11.1. The van der Waals surface area contributed by atoms with Gasteiger partial charge in [0.05, 0.1) is 5.69 Å². The van der Waals surface area contributed by atoms with Crippen molar-refractivity contribution >= 4 is 5.91 Å². The lowest BCUT2D eigenvalue weighted by Crippen LogP contribution is -2.70. The molecule has 3 unspecified atom stereocenters. The fraction of sp³-hybridized carbons (Fsp3) is 0.600. The monoisotopic (exact) mass is 419 g/mol. The molecule has 1 amide bonds. The van der Waals surface area contributed by atoms with Crippen LogP contribution in [0.4, 0.5) is 0 Å². The number of aryl methyl sites for hydroxylation is 2. The molecule has 0 saturated carbocycles. The van der Waals surface area contributed by atoms with Crippen LogP contribution in [0.1, 0.15) is 41.8 Å². The Morgan fingerprint density at radius 2 is 1.84 bits per heavy atom. The number of amides is 1. The first-order valence-corrected chi connectivity index (χ1v) is 12.1. The molecule has 2 aromatic rings. The smallest absolute Gasteiger partial charge is 0.220 e. The fourth-order valence-corrected chi connectivity index (χ4v) is 6.80. The summed E-state index contributed by atoms with van der Waals surface area (Å²) in [6.07, 6.45) is 5.96. The number of hydrogen-bond donors (Lipinski definition) is 2. The SMILES string of the molecule is O=C(CCc1n[nH]c2c1CCCC2)NC1C2CN3CCN(C2)CC1(c1ccccc1)C3. The maximum atomic E-state index is 13.2. The first-order chi connectivity index (χ1) is 15.2. The molecule has 4 fully saturated rings. The van der Waals surface area contributed by atoms with Crippen LogP contribution in [0.3, 0.4) is 0 Å². The van der Waals surface area contributed by atoms with Crippen molar-refractivity contribution in [3.05, 3.63) is 52.8 Å². The van der Waals surface area contributed by atoms with Gasteiger partial charge in [0.1, 0.15) is 0 Å². The molecule has 5 heterocycles.